The van der Waals surface area contributed by atoms with Crippen molar-refractivity contribution in [3.8, 4) is 0 Å². The summed E-state index contributed by atoms with van der Waals surface area (Å²) in [6.07, 6.45) is 1.35. The molecule has 0 spiro atoms. The second-order valence-electron chi connectivity index (χ2n) is 4.42. The number of amides is 1. The average molecular weight is 271 g/mol. The van der Waals surface area contributed by atoms with Gasteiger partial charge in [0.25, 0.3) is 5.92 Å². The van der Waals surface area contributed by atoms with Crippen molar-refractivity contribution in [1.29, 1.82) is 0 Å². The highest BCUT2D eigenvalue weighted by molar-refractivity contribution is 5.85. The van der Waals surface area contributed by atoms with Gasteiger partial charge in [0.15, 0.2) is 0 Å². The second kappa shape index (κ2) is 5.93. The minimum absolute atomic E-state index is 0. The summed E-state index contributed by atoms with van der Waals surface area (Å²) in [4.78, 5) is 11.6. The van der Waals surface area contributed by atoms with Gasteiger partial charge in [0.1, 0.15) is 0 Å². The number of carbonyl (C=O) groups is 1. The molecule has 0 aromatic heterocycles. The fourth-order valence-electron chi connectivity index (χ4n) is 2.06. The predicted octanol–water partition coefficient (Wildman–Crippen LogP) is 0.701. The van der Waals surface area contributed by atoms with E-state index in [1.807, 2.05) is 0 Å². The molecule has 0 bridgehead atoms. The van der Waals surface area contributed by atoms with Crippen molar-refractivity contribution in [2.75, 3.05) is 19.8 Å². The molecular formula is C10H17ClF2N2O2. The van der Waals surface area contributed by atoms with Crippen molar-refractivity contribution in [2.45, 2.75) is 37.3 Å². The van der Waals surface area contributed by atoms with Crippen LogP contribution in [0.15, 0.2) is 0 Å². The van der Waals surface area contributed by atoms with Gasteiger partial charge < -0.3 is 10.1 Å². The highest BCUT2D eigenvalue weighted by Gasteiger charge is 2.42. The number of nitrogens with one attached hydrogen (secondary N) is 2. The Morgan fingerprint density at radius 3 is 2.76 bits per heavy atom. The van der Waals surface area contributed by atoms with Crippen LogP contribution in [0.4, 0.5) is 8.78 Å². The van der Waals surface area contributed by atoms with Crippen LogP contribution in [0, 0.1) is 0 Å². The third-order valence-electron chi connectivity index (χ3n) is 2.93. The number of rotatable bonds is 2. The summed E-state index contributed by atoms with van der Waals surface area (Å²) in [5.41, 5.74) is 0. The number of halogens is 3. The lowest BCUT2D eigenvalue weighted by Gasteiger charge is -2.24. The fraction of sp³-hybridized carbons (Fsp3) is 0.900. The monoisotopic (exact) mass is 270 g/mol. The Bertz CT molecular complexity index is 273. The summed E-state index contributed by atoms with van der Waals surface area (Å²) in [6.45, 7) is 0.785. The molecule has 2 aliphatic heterocycles. The van der Waals surface area contributed by atoms with Crippen LogP contribution in [0.25, 0.3) is 0 Å². The molecule has 4 nitrogen and oxygen atoms in total. The lowest BCUT2D eigenvalue weighted by molar-refractivity contribution is -0.125. The van der Waals surface area contributed by atoms with Crippen molar-refractivity contribution in [2.24, 2.45) is 0 Å². The van der Waals surface area contributed by atoms with E-state index >= 15 is 0 Å². The van der Waals surface area contributed by atoms with Gasteiger partial charge in [0, 0.05) is 13.0 Å². The molecule has 0 aromatic carbocycles. The van der Waals surface area contributed by atoms with E-state index in [1.54, 1.807) is 0 Å². The summed E-state index contributed by atoms with van der Waals surface area (Å²) < 4.78 is 30.9. The molecule has 7 heteroatoms. The zero-order chi connectivity index (χ0) is 11.6. The third-order valence-corrected chi connectivity index (χ3v) is 2.93. The number of alkyl halides is 2. The molecule has 0 aromatic rings. The van der Waals surface area contributed by atoms with Crippen molar-refractivity contribution in [3.63, 3.8) is 0 Å². The van der Waals surface area contributed by atoms with Crippen LogP contribution >= 0.6 is 12.4 Å². The standard InChI is InChI=1S/C10H16F2N2O2.ClH/c11-10(12)4-8(13-6-10)9(15)14-7-2-1-3-16-5-7;/h7-8,13H,1-6H2,(H,14,15);1H. The van der Waals surface area contributed by atoms with E-state index in [2.05, 4.69) is 10.6 Å². The molecule has 2 N–H and O–H groups in total. The maximum absolute atomic E-state index is 12.9. The molecule has 2 rings (SSSR count). The maximum atomic E-state index is 12.9. The van der Waals surface area contributed by atoms with Crippen molar-refractivity contribution < 1.29 is 18.3 Å². The van der Waals surface area contributed by atoms with Crippen molar-refractivity contribution in [3.05, 3.63) is 0 Å². The SMILES string of the molecule is Cl.O=C(NC1CCCOC1)C1CC(F)(F)CN1. The van der Waals surface area contributed by atoms with E-state index in [1.165, 1.54) is 0 Å². The maximum Gasteiger partial charge on any atom is 0.262 e. The molecule has 1 amide bonds. The normalized spacial score (nSPS) is 31.6. The van der Waals surface area contributed by atoms with E-state index in [0.717, 1.165) is 12.8 Å². The number of hydrogen-bond acceptors (Lipinski definition) is 3. The minimum atomic E-state index is -2.76. The lowest BCUT2D eigenvalue weighted by atomic mass is 10.1. The number of hydrogen-bond donors (Lipinski definition) is 2. The Hall–Kier alpha value is -0.460. The van der Waals surface area contributed by atoms with Gasteiger partial charge in [-0.3, -0.25) is 10.1 Å². The summed E-state index contributed by atoms with van der Waals surface area (Å²) in [7, 11) is 0. The molecule has 0 saturated carbocycles. The van der Waals surface area contributed by atoms with Gasteiger partial charge in [-0.25, -0.2) is 8.78 Å². The molecule has 2 saturated heterocycles. The van der Waals surface area contributed by atoms with Crippen LogP contribution in [0.1, 0.15) is 19.3 Å². The molecule has 100 valence electrons. The topological polar surface area (TPSA) is 50.4 Å². The predicted molar refractivity (Wildman–Crippen MR) is 60.6 cm³/mol. The molecule has 2 heterocycles. The van der Waals surface area contributed by atoms with Gasteiger partial charge in [-0.1, -0.05) is 0 Å². The van der Waals surface area contributed by atoms with Gasteiger partial charge in [-0.2, -0.15) is 0 Å². The lowest BCUT2D eigenvalue weighted by Crippen LogP contribution is -2.47. The first-order valence-electron chi connectivity index (χ1n) is 5.56. The molecule has 2 aliphatic rings. The third kappa shape index (κ3) is 4.04. The van der Waals surface area contributed by atoms with Gasteiger partial charge >= 0.3 is 0 Å². The smallest absolute Gasteiger partial charge is 0.262 e. The highest BCUT2D eigenvalue weighted by atomic mass is 35.5. The molecule has 2 atom stereocenters. The average Bonchev–Trinajstić information content (AvgIpc) is 2.60. The van der Waals surface area contributed by atoms with Crippen LogP contribution in [0.3, 0.4) is 0 Å². The van der Waals surface area contributed by atoms with Gasteiger partial charge in [-0.05, 0) is 12.8 Å². The molecule has 2 fully saturated rings. The Labute approximate surface area is 105 Å². The Kier molecular flexibility index (Phi) is 5.09. The largest absolute Gasteiger partial charge is 0.379 e. The molecule has 0 radical (unpaired) electrons. The van der Waals surface area contributed by atoms with Gasteiger partial charge in [-0.15, -0.1) is 12.4 Å². The van der Waals surface area contributed by atoms with Gasteiger partial charge in [0.05, 0.1) is 25.2 Å². The van der Waals surface area contributed by atoms with Gasteiger partial charge in [0.2, 0.25) is 5.91 Å². The van der Waals surface area contributed by atoms with Crippen molar-refractivity contribution >= 4 is 18.3 Å². The first-order valence-corrected chi connectivity index (χ1v) is 5.56. The Morgan fingerprint density at radius 1 is 1.47 bits per heavy atom. The molecule has 17 heavy (non-hydrogen) atoms. The Morgan fingerprint density at radius 2 is 2.24 bits per heavy atom. The van der Waals surface area contributed by atoms with Crippen LogP contribution in [0.2, 0.25) is 0 Å². The zero-order valence-electron chi connectivity index (χ0n) is 9.38. The molecular weight excluding hydrogens is 254 g/mol. The van der Waals surface area contributed by atoms with Crippen molar-refractivity contribution in [1.82, 2.24) is 10.6 Å². The van der Waals surface area contributed by atoms with Crippen LogP contribution in [0.5, 0.6) is 0 Å². The van der Waals surface area contributed by atoms with Crippen LogP contribution in [-0.2, 0) is 9.53 Å². The van der Waals surface area contributed by atoms with Crippen LogP contribution in [-0.4, -0.2) is 43.7 Å². The second-order valence-corrected chi connectivity index (χ2v) is 4.42. The zero-order valence-corrected chi connectivity index (χ0v) is 10.2. The van der Waals surface area contributed by atoms with E-state index in [9.17, 15) is 13.6 Å². The van der Waals surface area contributed by atoms with E-state index < -0.39 is 24.9 Å². The number of ether oxygens (including phenoxy) is 1. The summed E-state index contributed by atoms with van der Waals surface area (Å²) in [5.74, 6) is -3.10. The molecule has 2 unspecified atom stereocenters. The van der Waals surface area contributed by atoms with E-state index in [0.29, 0.717) is 13.2 Å². The fourth-order valence-corrected chi connectivity index (χ4v) is 2.06. The highest BCUT2D eigenvalue weighted by Crippen LogP contribution is 2.25. The Balaban J connectivity index is 0.00000144. The van der Waals surface area contributed by atoms with Crippen LogP contribution < -0.4 is 10.6 Å². The first-order chi connectivity index (χ1) is 7.57. The summed E-state index contributed by atoms with van der Waals surface area (Å²) >= 11 is 0. The van der Waals surface area contributed by atoms with E-state index in [4.69, 9.17) is 4.74 Å². The first kappa shape index (κ1) is 14.6. The minimum Gasteiger partial charge on any atom is -0.379 e. The van der Waals surface area contributed by atoms with E-state index in [-0.39, 0.29) is 24.4 Å². The molecule has 0 aliphatic carbocycles. The summed E-state index contributed by atoms with van der Waals surface area (Å²) in [6, 6.07) is -0.797. The quantitative estimate of drug-likeness (QED) is 0.777. The number of carbonyl (C=O) groups excluding carboxylic acids is 1. The summed E-state index contributed by atoms with van der Waals surface area (Å²) in [5, 5.41) is 5.27.